The second-order valence-electron chi connectivity index (χ2n) is 3.41. The van der Waals surface area contributed by atoms with Crippen LogP contribution in [0.25, 0.3) is 0 Å². The average molecular weight is 274 g/mol. The predicted molar refractivity (Wildman–Crippen MR) is 67.6 cm³/mol. The Morgan fingerprint density at radius 1 is 1.35 bits per heavy atom. The molecule has 17 heavy (non-hydrogen) atoms. The van der Waals surface area contributed by atoms with Gasteiger partial charge in [-0.25, -0.2) is 9.37 Å². The SMILES string of the molecule is CCn1ccnc1Nc1c(Cl)cc(F)cc1Cl. The second kappa shape index (κ2) is 4.94. The Morgan fingerprint density at radius 3 is 2.59 bits per heavy atom. The fourth-order valence-corrected chi connectivity index (χ4v) is 2.02. The summed E-state index contributed by atoms with van der Waals surface area (Å²) in [6.07, 6.45) is 3.49. The lowest BCUT2D eigenvalue weighted by Crippen LogP contribution is -2.02. The Bertz CT molecular complexity index is 516. The molecule has 0 aliphatic carbocycles. The molecule has 3 nitrogen and oxygen atoms in total. The van der Waals surface area contributed by atoms with Gasteiger partial charge in [0, 0.05) is 18.9 Å². The van der Waals surface area contributed by atoms with Crippen LogP contribution in [-0.4, -0.2) is 9.55 Å². The molecule has 1 aromatic carbocycles. The number of aromatic nitrogens is 2. The quantitative estimate of drug-likeness (QED) is 0.913. The number of nitrogens with one attached hydrogen (secondary N) is 1. The van der Waals surface area contributed by atoms with Crippen molar-refractivity contribution >= 4 is 34.8 Å². The molecule has 0 spiro atoms. The van der Waals surface area contributed by atoms with Crippen molar-refractivity contribution in [1.29, 1.82) is 0 Å². The number of nitrogens with zero attached hydrogens (tertiary/aromatic N) is 2. The maximum absolute atomic E-state index is 13.0. The number of benzene rings is 1. The minimum absolute atomic E-state index is 0.223. The van der Waals surface area contributed by atoms with Crippen molar-refractivity contribution in [2.75, 3.05) is 5.32 Å². The zero-order chi connectivity index (χ0) is 12.4. The highest BCUT2D eigenvalue weighted by Gasteiger charge is 2.10. The lowest BCUT2D eigenvalue weighted by atomic mass is 10.3. The predicted octanol–water partition coefficient (Wildman–Crippen LogP) is 4.09. The molecule has 1 aromatic heterocycles. The normalized spacial score (nSPS) is 10.6. The van der Waals surface area contributed by atoms with Crippen molar-refractivity contribution < 1.29 is 4.39 Å². The molecule has 90 valence electrons. The molecule has 0 saturated carbocycles. The van der Waals surface area contributed by atoms with E-state index >= 15 is 0 Å². The summed E-state index contributed by atoms with van der Waals surface area (Å²) < 4.78 is 14.9. The molecule has 0 atom stereocenters. The van der Waals surface area contributed by atoms with E-state index in [0.717, 1.165) is 6.54 Å². The topological polar surface area (TPSA) is 29.9 Å². The van der Waals surface area contributed by atoms with E-state index in [2.05, 4.69) is 10.3 Å². The maximum Gasteiger partial charge on any atom is 0.207 e. The van der Waals surface area contributed by atoms with Gasteiger partial charge < -0.3 is 9.88 Å². The van der Waals surface area contributed by atoms with Crippen molar-refractivity contribution in [3.63, 3.8) is 0 Å². The number of hydrogen-bond donors (Lipinski definition) is 1. The summed E-state index contributed by atoms with van der Waals surface area (Å²) in [5.41, 5.74) is 0.454. The molecule has 0 saturated heterocycles. The molecule has 6 heteroatoms. The van der Waals surface area contributed by atoms with E-state index < -0.39 is 5.82 Å². The Morgan fingerprint density at radius 2 is 2.00 bits per heavy atom. The van der Waals surface area contributed by atoms with E-state index in [1.807, 2.05) is 17.7 Å². The first-order chi connectivity index (χ1) is 8.11. The number of hydrogen-bond acceptors (Lipinski definition) is 2. The van der Waals surface area contributed by atoms with Crippen LogP contribution in [0, 0.1) is 5.82 Å². The van der Waals surface area contributed by atoms with Gasteiger partial charge >= 0.3 is 0 Å². The van der Waals surface area contributed by atoms with Crippen molar-refractivity contribution in [3.05, 3.63) is 40.4 Å². The zero-order valence-corrected chi connectivity index (χ0v) is 10.6. The van der Waals surface area contributed by atoms with E-state index in [4.69, 9.17) is 23.2 Å². The zero-order valence-electron chi connectivity index (χ0n) is 9.04. The molecule has 0 bridgehead atoms. The smallest absolute Gasteiger partial charge is 0.207 e. The third-order valence-electron chi connectivity index (χ3n) is 2.30. The summed E-state index contributed by atoms with van der Waals surface area (Å²) in [5.74, 6) is 0.146. The lowest BCUT2D eigenvalue weighted by molar-refractivity contribution is 0.628. The third kappa shape index (κ3) is 2.53. The molecule has 0 aliphatic heterocycles. The standard InChI is InChI=1S/C11H10Cl2FN3/c1-2-17-4-3-15-11(17)16-10-8(12)5-7(14)6-9(10)13/h3-6H,2H2,1H3,(H,15,16). The molecule has 0 amide bonds. The molecule has 0 unspecified atom stereocenters. The molecule has 0 aliphatic rings. The van der Waals surface area contributed by atoms with Gasteiger partial charge in [-0.2, -0.15) is 0 Å². The van der Waals surface area contributed by atoms with Gasteiger partial charge in [-0.1, -0.05) is 23.2 Å². The molecule has 1 heterocycles. The Hall–Kier alpha value is -1.26. The van der Waals surface area contributed by atoms with E-state index in [1.165, 1.54) is 12.1 Å². The van der Waals surface area contributed by atoms with Crippen LogP contribution in [0.4, 0.5) is 16.0 Å². The second-order valence-corrected chi connectivity index (χ2v) is 4.22. The van der Waals surface area contributed by atoms with Crippen molar-refractivity contribution in [2.45, 2.75) is 13.5 Å². The fraction of sp³-hybridized carbons (Fsp3) is 0.182. The van der Waals surface area contributed by atoms with Gasteiger partial charge in [0.2, 0.25) is 5.95 Å². The molecule has 2 rings (SSSR count). The highest BCUT2D eigenvalue weighted by Crippen LogP contribution is 2.33. The average Bonchev–Trinajstić information content (AvgIpc) is 2.70. The minimum atomic E-state index is -0.468. The summed E-state index contributed by atoms with van der Waals surface area (Å²) in [5, 5.41) is 3.43. The highest BCUT2D eigenvalue weighted by molar-refractivity contribution is 6.39. The van der Waals surface area contributed by atoms with Gasteiger partial charge in [0.15, 0.2) is 0 Å². The number of anilines is 2. The fourth-order valence-electron chi connectivity index (χ4n) is 1.46. The first-order valence-corrected chi connectivity index (χ1v) is 5.80. The summed E-state index contributed by atoms with van der Waals surface area (Å²) >= 11 is 11.8. The van der Waals surface area contributed by atoms with E-state index in [9.17, 15) is 4.39 Å². The number of rotatable bonds is 3. The molecular formula is C11H10Cl2FN3. The van der Waals surface area contributed by atoms with Gasteiger partial charge in [0.1, 0.15) is 5.82 Å². The molecule has 2 aromatic rings. The largest absolute Gasteiger partial charge is 0.323 e. The first-order valence-electron chi connectivity index (χ1n) is 5.04. The number of imidazole rings is 1. The van der Waals surface area contributed by atoms with Crippen molar-refractivity contribution in [3.8, 4) is 0 Å². The molecule has 0 fully saturated rings. The third-order valence-corrected chi connectivity index (χ3v) is 2.90. The minimum Gasteiger partial charge on any atom is -0.323 e. The molecule has 1 N–H and O–H groups in total. The van der Waals surface area contributed by atoms with Gasteiger partial charge in [0.25, 0.3) is 0 Å². The Labute approximate surface area is 108 Å². The number of aryl methyl sites for hydroxylation is 1. The van der Waals surface area contributed by atoms with E-state index in [-0.39, 0.29) is 10.0 Å². The van der Waals surface area contributed by atoms with Gasteiger partial charge in [-0.15, -0.1) is 0 Å². The van der Waals surface area contributed by atoms with Gasteiger partial charge in [-0.05, 0) is 19.1 Å². The molecular weight excluding hydrogens is 264 g/mol. The number of halogens is 3. The summed E-state index contributed by atoms with van der Waals surface area (Å²) in [7, 11) is 0. The van der Waals surface area contributed by atoms with Crippen LogP contribution in [0.3, 0.4) is 0 Å². The van der Waals surface area contributed by atoms with Crippen molar-refractivity contribution in [2.24, 2.45) is 0 Å². The van der Waals surface area contributed by atoms with Crippen LogP contribution in [-0.2, 0) is 6.54 Å². The van der Waals surface area contributed by atoms with Crippen LogP contribution < -0.4 is 5.32 Å². The van der Waals surface area contributed by atoms with Crippen LogP contribution in [0.15, 0.2) is 24.5 Å². The van der Waals surface area contributed by atoms with Crippen LogP contribution in [0.1, 0.15) is 6.92 Å². The van der Waals surface area contributed by atoms with Crippen LogP contribution >= 0.6 is 23.2 Å². The van der Waals surface area contributed by atoms with Crippen LogP contribution in [0.2, 0.25) is 10.0 Å². The first kappa shape index (κ1) is 12.2. The van der Waals surface area contributed by atoms with Crippen LogP contribution in [0.5, 0.6) is 0 Å². The summed E-state index contributed by atoms with van der Waals surface area (Å²) in [6, 6.07) is 2.41. The highest BCUT2D eigenvalue weighted by atomic mass is 35.5. The van der Waals surface area contributed by atoms with Gasteiger partial charge in [0.05, 0.1) is 15.7 Å². The van der Waals surface area contributed by atoms with E-state index in [1.54, 1.807) is 6.20 Å². The Balaban J connectivity index is 2.36. The van der Waals surface area contributed by atoms with E-state index in [0.29, 0.717) is 11.6 Å². The molecule has 0 radical (unpaired) electrons. The van der Waals surface area contributed by atoms with Crippen molar-refractivity contribution in [1.82, 2.24) is 9.55 Å². The lowest BCUT2D eigenvalue weighted by Gasteiger charge is -2.11. The van der Waals surface area contributed by atoms with Gasteiger partial charge in [-0.3, -0.25) is 0 Å². The summed E-state index contributed by atoms with van der Waals surface area (Å²) in [4.78, 5) is 4.13. The monoisotopic (exact) mass is 273 g/mol. The Kier molecular flexibility index (Phi) is 3.54. The summed E-state index contributed by atoms with van der Waals surface area (Å²) in [6.45, 7) is 2.75. The maximum atomic E-state index is 13.0.